The SMILES string of the molecule is [2H]C([2H])([2H])c1c[n+](C)c(-c2c(C)cc(C([2H])([2H])[2H])c3c2oc2nc(C)ccc23)cc1C([2H])(C)C([2H])([2H])[2H]. The van der Waals surface area contributed by atoms with Gasteiger partial charge in [0.1, 0.15) is 7.05 Å². The Morgan fingerprint density at radius 1 is 1.15 bits per heavy atom. The van der Waals surface area contributed by atoms with Crippen LogP contribution >= 0.6 is 0 Å². The number of aromatic nitrogens is 2. The van der Waals surface area contributed by atoms with Gasteiger partial charge in [-0.25, -0.2) is 9.55 Å². The maximum absolute atomic E-state index is 8.68. The summed E-state index contributed by atoms with van der Waals surface area (Å²) >= 11 is 0. The Hall–Kier alpha value is -2.68. The first-order chi connectivity index (χ1) is 16.7. The van der Waals surface area contributed by atoms with E-state index < -0.39 is 26.4 Å². The molecule has 0 aliphatic heterocycles. The first-order valence-corrected chi connectivity index (χ1v) is 8.64. The molecule has 0 aliphatic carbocycles. The van der Waals surface area contributed by atoms with Gasteiger partial charge in [0.25, 0.3) is 0 Å². The number of benzene rings is 1. The van der Waals surface area contributed by atoms with Gasteiger partial charge in [-0.3, -0.25) is 0 Å². The van der Waals surface area contributed by atoms with Crippen LogP contribution in [0.5, 0.6) is 0 Å². The molecule has 1 atom stereocenters. The number of furan rings is 1. The van der Waals surface area contributed by atoms with E-state index in [1.165, 1.54) is 23.8 Å². The van der Waals surface area contributed by atoms with Crippen molar-refractivity contribution in [1.82, 2.24) is 4.98 Å². The predicted octanol–water partition coefficient (Wildman–Crippen LogP) is 5.83. The second-order valence-electron chi connectivity index (χ2n) is 6.95. The van der Waals surface area contributed by atoms with Crippen molar-refractivity contribution in [2.24, 2.45) is 7.05 Å². The topological polar surface area (TPSA) is 29.9 Å². The van der Waals surface area contributed by atoms with Crippen LogP contribution in [-0.2, 0) is 7.05 Å². The zero-order valence-electron chi connectivity index (χ0n) is 25.7. The fraction of sp³-hybridized carbons (Fsp3) is 0.333. The van der Waals surface area contributed by atoms with Crippen molar-refractivity contribution in [3.8, 4) is 11.3 Å². The number of hydrogen-bond acceptors (Lipinski definition) is 2. The van der Waals surface area contributed by atoms with E-state index in [0.29, 0.717) is 33.3 Å². The lowest BCUT2D eigenvalue weighted by atomic mass is 9.93. The second-order valence-corrected chi connectivity index (χ2v) is 6.95. The molecule has 4 rings (SSSR count). The molecule has 3 heterocycles. The lowest BCUT2D eigenvalue weighted by Crippen LogP contribution is -2.32. The Kier molecular flexibility index (Phi) is 2.18. The molecular formula is C24H27N2O+. The van der Waals surface area contributed by atoms with Gasteiger partial charge >= 0.3 is 0 Å². The average Bonchev–Trinajstić information content (AvgIpc) is 3.09. The number of rotatable bonds is 2. The van der Waals surface area contributed by atoms with E-state index in [1.54, 1.807) is 39.1 Å². The fourth-order valence-electron chi connectivity index (χ4n) is 3.58. The van der Waals surface area contributed by atoms with E-state index >= 15 is 0 Å². The summed E-state index contributed by atoms with van der Waals surface area (Å²) in [5, 5.41) is 0.872. The van der Waals surface area contributed by atoms with Crippen molar-refractivity contribution in [3.05, 3.63) is 58.4 Å². The molecule has 0 fully saturated rings. The van der Waals surface area contributed by atoms with Gasteiger partial charge in [0, 0.05) is 41.8 Å². The third-order valence-electron chi connectivity index (χ3n) is 4.88. The molecule has 4 aromatic rings. The smallest absolute Gasteiger partial charge is 0.227 e. The van der Waals surface area contributed by atoms with Crippen molar-refractivity contribution in [2.45, 2.75) is 47.2 Å². The predicted molar refractivity (Wildman–Crippen MR) is 111 cm³/mol. The van der Waals surface area contributed by atoms with Crippen LogP contribution in [0.3, 0.4) is 0 Å². The molecular weight excluding hydrogens is 332 g/mol. The van der Waals surface area contributed by atoms with Crippen LogP contribution in [0.15, 0.2) is 34.9 Å². The van der Waals surface area contributed by atoms with Crippen LogP contribution in [0, 0.1) is 27.6 Å². The Morgan fingerprint density at radius 2 is 1.96 bits per heavy atom. The van der Waals surface area contributed by atoms with Crippen molar-refractivity contribution < 1.29 is 22.7 Å². The van der Waals surface area contributed by atoms with E-state index in [9.17, 15) is 0 Å². The van der Waals surface area contributed by atoms with Crippen LogP contribution in [-0.4, -0.2) is 4.98 Å². The van der Waals surface area contributed by atoms with Crippen LogP contribution in [0.4, 0.5) is 0 Å². The average molecular weight is 370 g/mol. The summed E-state index contributed by atoms with van der Waals surface area (Å²) in [6, 6.07) is 6.44. The lowest BCUT2D eigenvalue weighted by molar-refractivity contribution is -0.660. The maximum atomic E-state index is 8.68. The Bertz CT molecular complexity index is 1540. The molecule has 3 nitrogen and oxygen atoms in total. The molecule has 0 N–H and O–H groups in total. The zero-order chi connectivity index (χ0) is 27.9. The molecule has 0 aliphatic rings. The lowest BCUT2D eigenvalue weighted by Gasteiger charge is -2.13. The standard InChI is InChI=1S/C24H27N2O/c1-13(2)19-11-20(26(7)12-16(19)5)22-15(4)10-14(3)21-18-9-8-17(6)25-24(18)27-23(21)22/h8-13H,1-7H3/q+1/i1D3,3D3,5D3,13D. The third kappa shape index (κ3) is 2.73. The van der Waals surface area contributed by atoms with Gasteiger partial charge in [-0.1, -0.05) is 19.8 Å². The second kappa shape index (κ2) is 6.19. The highest BCUT2D eigenvalue weighted by molar-refractivity contribution is 6.10. The summed E-state index contributed by atoms with van der Waals surface area (Å²) in [6.45, 7) is -3.29. The Balaban J connectivity index is 2.19. The van der Waals surface area contributed by atoms with Crippen LogP contribution in [0.1, 0.15) is 61.3 Å². The maximum Gasteiger partial charge on any atom is 0.227 e. The summed E-state index contributed by atoms with van der Waals surface area (Å²) in [5.74, 6) is -2.24. The molecule has 138 valence electrons. The molecule has 0 saturated carbocycles. The number of pyridine rings is 2. The molecule has 0 bridgehead atoms. The minimum absolute atomic E-state index is 0.0861. The van der Waals surface area contributed by atoms with Gasteiger partial charge < -0.3 is 4.42 Å². The number of nitrogens with zero attached hydrogens (tertiary/aromatic N) is 2. The largest absolute Gasteiger partial charge is 0.437 e. The van der Waals surface area contributed by atoms with Crippen LogP contribution in [0.25, 0.3) is 33.3 Å². The highest BCUT2D eigenvalue weighted by Crippen LogP contribution is 2.39. The number of aryl methyl sites for hydroxylation is 5. The van der Waals surface area contributed by atoms with E-state index in [1.807, 2.05) is 0 Å². The van der Waals surface area contributed by atoms with Gasteiger partial charge in [-0.2, -0.15) is 0 Å². The molecule has 27 heavy (non-hydrogen) atoms. The van der Waals surface area contributed by atoms with Crippen molar-refractivity contribution in [2.75, 3.05) is 0 Å². The highest BCUT2D eigenvalue weighted by Gasteiger charge is 2.24. The molecule has 0 saturated heterocycles. The van der Waals surface area contributed by atoms with Crippen molar-refractivity contribution >= 4 is 22.1 Å². The van der Waals surface area contributed by atoms with E-state index in [0.717, 1.165) is 0 Å². The first kappa shape index (κ1) is 9.50. The molecule has 1 aromatic carbocycles. The fourth-order valence-corrected chi connectivity index (χ4v) is 3.58. The van der Waals surface area contributed by atoms with Crippen LogP contribution in [0.2, 0.25) is 0 Å². The third-order valence-corrected chi connectivity index (χ3v) is 4.88. The minimum atomic E-state index is -2.82. The first-order valence-electron chi connectivity index (χ1n) is 13.6. The molecule has 0 radical (unpaired) electrons. The Labute approximate surface area is 174 Å². The quantitative estimate of drug-likeness (QED) is 0.416. The minimum Gasteiger partial charge on any atom is -0.437 e. The summed E-state index contributed by atoms with van der Waals surface area (Å²) in [5.41, 5.74) is 2.20. The zero-order valence-corrected chi connectivity index (χ0v) is 15.7. The van der Waals surface area contributed by atoms with E-state index in [-0.39, 0.29) is 28.0 Å². The van der Waals surface area contributed by atoms with Gasteiger partial charge in [-0.05, 0) is 62.3 Å². The van der Waals surface area contributed by atoms with Gasteiger partial charge in [0.15, 0.2) is 11.8 Å². The summed E-state index contributed by atoms with van der Waals surface area (Å²) < 4.78 is 88.5. The summed E-state index contributed by atoms with van der Waals surface area (Å²) in [6.07, 6.45) is 1.31. The molecule has 1 unspecified atom stereocenters. The normalized spacial score (nSPS) is 20.9. The van der Waals surface area contributed by atoms with E-state index in [2.05, 4.69) is 4.98 Å². The monoisotopic (exact) mass is 369 g/mol. The molecule has 0 amide bonds. The Morgan fingerprint density at radius 3 is 2.70 bits per heavy atom. The van der Waals surface area contributed by atoms with Gasteiger partial charge in [0.2, 0.25) is 11.4 Å². The van der Waals surface area contributed by atoms with Gasteiger partial charge in [-0.15, -0.1) is 0 Å². The number of fused-ring (bicyclic) bond motifs is 3. The van der Waals surface area contributed by atoms with E-state index in [4.69, 9.17) is 18.1 Å². The van der Waals surface area contributed by atoms with Gasteiger partial charge in [0.05, 0.1) is 5.56 Å². The van der Waals surface area contributed by atoms with Crippen molar-refractivity contribution in [3.63, 3.8) is 0 Å². The molecule has 0 spiro atoms. The van der Waals surface area contributed by atoms with Crippen molar-refractivity contribution in [1.29, 1.82) is 0 Å². The highest BCUT2D eigenvalue weighted by atomic mass is 16.3. The summed E-state index contributed by atoms with van der Waals surface area (Å²) in [4.78, 5) is 4.42. The molecule has 3 heteroatoms. The summed E-state index contributed by atoms with van der Waals surface area (Å²) in [7, 11) is 1.61. The number of hydrogen-bond donors (Lipinski definition) is 0. The van der Waals surface area contributed by atoms with Crippen LogP contribution < -0.4 is 4.57 Å². The molecule has 3 aromatic heterocycles.